The van der Waals surface area contributed by atoms with E-state index in [1.165, 1.54) is 0 Å². The van der Waals surface area contributed by atoms with E-state index < -0.39 is 5.54 Å². The highest BCUT2D eigenvalue weighted by atomic mass is 16.3. The molecule has 0 spiro atoms. The maximum atomic E-state index is 12.5. The van der Waals surface area contributed by atoms with Crippen molar-refractivity contribution in [1.29, 1.82) is 0 Å². The SMILES string of the molecule is CCC(N)(CC)C(=O)NC(c1ccccc1)c1ccco1. The third kappa shape index (κ3) is 3.34. The fourth-order valence-electron chi connectivity index (χ4n) is 2.27. The minimum Gasteiger partial charge on any atom is -0.467 e. The van der Waals surface area contributed by atoms with E-state index in [1.54, 1.807) is 6.26 Å². The van der Waals surface area contributed by atoms with Gasteiger partial charge in [-0.05, 0) is 30.5 Å². The van der Waals surface area contributed by atoms with Gasteiger partial charge in [-0.1, -0.05) is 44.2 Å². The van der Waals surface area contributed by atoms with Gasteiger partial charge < -0.3 is 15.5 Å². The van der Waals surface area contributed by atoms with Crippen LogP contribution in [-0.4, -0.2) is 11.4 Å². The van der Waals surface area contributed by atoms with Crippen LogP contribution < -0.4 is 11.1 Å². The lowest BCUT2D eigenvalue weighted by atomic mass is 9.92. The second-order valence-corrected chi connectivity index (χ2v) is 5.20. The molecule has 2 rings (SSSR count). The molecule has 0 radical (unpaired) electrons. The molecule has 1 unspecified atom stereocenters. The second-order valence-electron chi connectivity index (χ2n) is 5.20. The number of benzene rings is 1. The van der Waals surface area contributed by atoms with Crippen molar-refractivity contribution in [2.45, 2.75) is 38.3 Å². The van der Waals surface area contributed by atoms with Crippen molar-refractivity contribution >= 4 is 5.91 Å². The standard InChI is InChI=1S/C17H22N2O2/c1-3-17(18,4-2)16(20)19-15(14-11-8-12-21-14)13-9-6-5-7-10-13/h5-12,15H,3-4,18H2,1-2H3,(H,19,20). The summed E-state index contributed by atoms with van der Waals surface area (Å²) in [5.74, 6) is 0.543. The van der Waals surface area contributed by atoms with Crippen molar-refractivity contribution in [2.24, 2.45) is 5.73 Å². The normalized spacial score (nSPS) is 12.9. The molecule has 3 N–H and O–H groups in total. The smallest absolute Gasteiger partial charge is 0.240 e. The summed E-state index contributed by atoms with van der Waals surface area (Å²) in [5, 5.41) is 3.02. The monoisotopic (exact) mass is 286 g/mol. The minimum absolute atomic E-state index is 0.155. The van der Waals surface area contributed by atoms with Crippen molar-refractivity contribution < 1.29 is 9.21 Å². The lowest BCUT2D eigenvalue weighted by Crippen LogP contribution is -2.53. The molecule has 4 nitrogen and oxygen atoms in total. The Kier molecular flexibility index (Phi) is 4.81. The van der Waals surface area contributed by atoms with Gasteiger partial charge in [0, 0.05) is 0 Å². The summed E-state index contributed by atoms with van der Waals surface area (Å²) in [6.45, 7) is 3.85. The number of nitrogens with two attached hydrogens (primary N) is 1. The van der Waals surface area contributed by atoms with Crippen LogP contribution in [0.4, 0.5) is 0 Å². The summed E-state index contributed by atoms with van der Waals surface area (Å²) in [4.78, 5) is 12.5. The van der Waals surface area contributed by atoms with Gasteiger partial charge >= 0.3 is 0 Å². The highest BCUT2D eigenvalue weighted by molar-refractivity contribution is 5.86. The van der Waals surface area contributed by atoms with Gasteiger partial charge in [0.05, 0.1) is 11.8 Å². The molecule has 21 heavy (non-hydrogen) atoms. The molecule has 0 fully saturated rings. The van der Waals surface area contributed by atoms with E-state index in [1.807, 2.05) is 56.3 Å². The van der Waals surface area contributed by atoms with E-state index in [-0.39, 0.29) is 11.9 Å². The minimum atomic E-state index is -0.848. The number of carbonyl (C=O) groups is 1. The Morgan fingerprint density at radius 2 is 1.86 bits per heavy atom. The van der Waals surface area contributed by atoms with Gasteiger partial charge in [0.1, 0.15) is 11.8 Å². The average molecular weight is 286 g/mol. The number of hydrogen-bond acceptors (Lipinski definition) is 3. The molecule has 0 saturated heterocycles. The summed E-state index contributed by atoms with van der Waals surface area (Å²) in [6.07, 6.45) is 2.79. The van der Waals surface area contributed by atoms with E-state index in [0.29, 0.717) is 18.6 Å². The largest absolute Gasteiger partial charge is 0.467 e. The molecule has 1 atom stereocenters. The maximum absolute atomic E-state index is 12.5. The van der Waals surface area contributed by atoms with Gasteiger partial charge in [0.25, 0.3) is 0 Å². The molecule has 0 aliphatic carbocycles. The molecule has 4 heteroatoms. The number of amides is 1. The summed E-state index contributed by atoms with van der Waals surface area (Å²) < 4.78 is 5.48. The van der Waals surface area contributed by atoms with Crippen molar-refractivity contribution in [2.75, 3.05) is 0 Å². The Labute approximate surface area is 125 Å². The highest BCUT2D eigenvalue weighted by Crippen LogP contribution is 2.24. The Morgan fingerprint density at radius 3 is 2.38 bits per heavy atom. The number of nitrogens with one attached hydrogen (secondary N) is 1. The van der Waals surface area contributed by atoms with Crippen LogP contribution in [0.15, 0.2) is 53.1 Å². The average Bonchev–Trinajstić information content (AvgIpc) is 3.06. The summed E-state index contributed by atoms with van der Waals surface area (Å²) in [7, 11) is 0. The Bertz CT molecular complexity index is 560. The molecule has 1 amide bonds. The number of hydrogen-bond donors (Lipinski definition) is 2. The van der Waals surface area contributed by atoms with Crippen LogP contribution in [0.5, 0.6) is 0 Å². The predicted molar refractivity (Wildman–Crippen MR) is 82.6 cm³/mol. The molecule has 0 aliphatic rings. The van der Waals surface area contributed by atoms with E-state index in [4.69, 9.17) is 10.2 Å². The molecule has 0 saturated carbocycles. The van der Waals surface area contributed by atoms with Gasteiger partial charge in [-0.25, -0.2) is 0 Å². The van der Waals surface area contributed by atoms with Crippen LogP contribution in [0.3, 0.4) is 0 Å². The third-order valence-electron chi connectivity index (χ3n) is 3.95. The summed E-state index contributed by atoms with van der Waals surface area (Å²) in [5.41, 5.74) is 6.30. The van der Waals surface area contributed by atoms with Gasteiger partial charge in [0.2, 0.25) is 5.91 Å². The van der Waals surface area contributed by atoms with Crippen LogP contribution in [0.25, 0.3) is 0 Å². The van der Waals surface area contributed by atoms with E-state index in [0.717, 1.165) is 5.56 Å². The zero-order valence-corrected chi connectivity index (χ0v) is 12.5. The lowest BCUT2D eigenvalue weighted by molar-refractivity contribution is -0.127. The fraction of sp³-hybridized carbons (Fsp3) is 0.353. The molecular formula is C17H22N2O2. The Hall–Kier alpha value is -2.07. The molecule has 0 aliphatic heterocycles. The van der Waals surface area contributed by atoms with Crippen LogP contribution in [-0.2, 0) is 4.79 Å². The fourth-order valence-corrected chi connectivity index (χ4v) is 2.27. The van der Waals surface area contributed by atoms with Crippen molar-refractivity contribution in [1.82, 2.24) is 5.32 Å². The van der Waals surface area contributed by atoms with Crippen LogP contribution in [0.1, 0.15) is 44.1 Å². The van der Waals surface area contributed by atoms with Crippen molar-refractivity contribution in [3.63, 3.8) is 0 Å². The van der Waals surface area contributed by atoms with Gasteiger partial charge in [0.15, 0.2) is 0 Å². The van der Waals surface area contributed by atoms with E-state index in [2.05, 4.69) is 5.32 Å². The van der Waals surface area contributed by atoms with Crippen LogP contribution in [0, 0.1) is 0 Å². The summed E-state index contributed by atoms with van der Waals surface area (Å²) >= 11 is 0. The first-order chi connectivity index (χ1) is 10.1. The van der Waals surface area contributed by atoms with Gasteiger partial charge in [-0.3, -0.25) is 4.79 Å². The Morgan fingerprint density at radius 1 is 1.19 bits per heavy atom. The molecule has 2 aromatic rings. The van der Waals surface area contributed by atoms with Crippen LogP contribution in [0.2, 0.25) is 0 Å². The Balaban J connectivity index is 2.28. The van der Waals surface area contributed by atoms with Crippen molar-refractivity contribution in [3.8, 4) is 0 Å². The molecule has 1 aromatic heterocycles. The third-order valence-corrected chi connectivity index (χ3v) is 3.95. The number of furan rings is 1. The number of rotatable bonds is 6. The summed E-state index contributed by atoms with van der Waals surface area (Å²) in [6, 6.07) is 13.1. The quantitative estimate of drug-likeness (QED) is 0.857. The van der Waals surface area contributed by atoms with Gasteiger partial charge in [-0.2, -0.15) is 0 Å². The first-order valence-electron chi connectivity index (χ1n) is 7.29. The zero-order chi connectivity index (χ0) is 15.3. The highest BCUT2D eigenvalue weighted by Gasteiger charge is 2.32. The van der Waals surface area contributed by atoms with Gasteiger partial charge in [-0.15, -0.1) is 0 Å². The second kappa shape index (κ2) is 6.59. The maximum Gasteiger partial charge on any atom is 0.240 e. The molecular weight excluding hydrogens is 264 g/mol. The zero-order valence-electron chi connectivity index (χ0n) is 12.5. The first kappa shape index (κ1) is 15.3. The number of carbonyl (C=O) groups excluding carboxylic acids is 1. The molecule has 112 valence electrons. The van der Waals surface area contributed by atoms with Crippen LogP contribution >= 0.6 is 0 Å². The lowest BCUT2D eigenvalue weighted by Gasteiger charge is -2.28. The molecule has 1 aromatic carbocycles. The first-order valence-corrected chi connectivity index (χ1v) is 7.29. The van der Waals surface area contributed by atoms with Crippen molar-refractivity contribution in [3.05, 3.63) is 60.1 Å². The van der Waals surface area contributed by atoms with E-state index in [9.17, 15) is 4.79 Å². The topological polar surface area (TPSA) is 68.3 Å². The van der Waals surface area contributed by atoms with E-state index >= 15 is 0 Å². The molecule has 0 bridgehead atoms. The molecule has 1 heterocycles. The predicted octanol–water partition coefficient (Wildman–Crippen LogP) is 3.00.